The normalized spacial score (nSPS) is 17.3. The maximum atomic E-state index is 11.0. The summed E-state index contributed by atoms with van der Waals surface area (Å²) < 4.78 is 0. The van der Waals surface area contributed by atoms with Gasteiger partial charge in [-0.15, -0.1) is 0 Å². The number of hydrogen-bond acceptors (Lipinski definition) is 4. The van der Waals surface area contributed by atoms with Gasteiger partial charge in [-0.2, -0.15) is 0 Å². The fraction of sp³-hybridized carbons (Fsp3) is 0.828. The lowest BCUT2D eigenvalue weighted by Gasteiger charge is -2.25. The van der Waals surface area contributed by atoms with Crippen molar-refractivity contribution in [2.75, 3.05) is 18.5 Å². The molecule has 1 aliphatic heterocycles. The monoisotopic (exact) mass is 460 g/mol. The van der Waals surface area contributed by atoms with Gasteiger partial charge in [0.15, 0.2) is 0 Å². The maximum absolute atomic E-state index is 11.0. The highest BCUT2D eigenvalue weighted by atomic mass is 16.3. The number of aromatic nitrogens is 1. The van der Waals surface area contributed by atoms with E-state index in [2.05, 4.69) is 44.6 Å². The Morgan fingerprint density at radius 2 is 1.52 bits per heavy atom. The van der Waals surface area contributed by atoms with Crippen molar-refractivity contribution >= 4 is 5.82 Å². The molecule has 4 nitrogen and oxygen atoms in total. The average Bonchev–Trinajstić information content (AvgIpc) is 3.08. The van der Waals surface area contributed by atoms with Gasteiger partial charge in [0.05, 0.1) is 11.3 Å². The summed E-state index contributed by atoms with van der Waals surface area (Å²) >= 11 is 0. The summed E-state index contributed by atoms with van der Waals surface area (Å²) in [6.45, 7) is 14.2. The van der Waals surface area contributed by atoms with Gasteiger partial charge in [-0.25, -0.2) is 4.98 Å². The minimum atomic E-state index is -0.689. The number of aromatic hydroxyl groups is 1. The quantitative estimate of drug-likeness (QED) is 0.290. The van der Waals surface area contributed by atoms with Crippen LogP contribution in [0, 0.1) is 24.7 Å². The smallest absolute Gasteiger partial charge is 0.140 e. The van der Waals surface area contributed by atoms with E-state index in [1.165, 1.54) is 50.5 Å². The lowest BCUT2D eigenvalue weighted by Crippen LogP contribution is -2.25. The van der Waals surface area contributed by atoms with Crippen LogP contribution in [0.2, 0.25) is 0 Å². The highest BCUT2D eigenvalue weighted by molar-refractivity contribution is 5.60. The van der Waals surface area contributed by atoms with Crippen LogP contribution in [0.1, 0.15) is 116 Å². The molecule has 2 N–H and O–H groups in total. The van der Waals surface area contributed by atoms with Crippen LogP contribution in [-0.2, 0) is 12.8 Å². The molecule has 0 saturated carbocycles. The first-order valence-electron chi connectivity index (χ1n) is 13.6. The minimum absolute atomic E-state index is 0.326. The van der Waals surface area contributed by atoms with Crippen molar-refractivity contribution in [3.63, 3.8) is 0 Å². The predicted molar refractivity (Wildman–Crippen MR) is 141 cm³/mol. The zero-order valence-electron chi connectivity index (χ0n) is 22.7. The van der Waals surface area contributed by atoms with Crippen LogP contribution in [0.3, 0.4) is 0 Å². The highest BCUT2D eigenvalue weighted by Crippen LogP contribution is 2.37. The van der Waals surface area contributed by atoms with Gasteiger partial charge in [0.1, 0.15) is 11.6 Å². The molecule has 0 bridgehead atoms. The molecule has 0 fully saturated rings. The Labute approximate surface area is 204 Å². The number of aryl methyl sites for hydroxylation is 1. The Kier molecular flexibility index (Phi) is 11.0. The predicted octanol–water partition coefficient (Wildman–Crippen LogP) is 7.21. The third-order valence-corrected chi connectivity index (χ3v) is 7.79. The first-order valence-corrected chi connectivity index (χ1v) is 13.6. The van der Waals surface area contributed by atoms with Crippen molar-refractivity contribution in [2.45, 2.75) is 124 Å². The van der Waals surface area contributed by atoms with E-state index in [1.54, 1.807) is 0 Å². The molecule has 1 aliphatic rings. The molecule has 33 heavy (non-hydrogen) atoms. The van der Waals surface area contributed by atoms with Crippen LogP contribution in [0.5, 0.6) is 5.75 Å². The Hall–Kier alpha value is -1.29. The summed E-state index contributed by atoms with van der Waals surface area (Å²) in [5.41, 5.74) is 2.17. The van der Waals surface area contributed by atoms with Crippen LogP contribution in [0.4, 0.5) is 5.82 Å². The van der Waals surface area contributed by atoms with Gasteiger partial charge in [0.25, 0.3) is 0 Å². The number of hydrogen-bond donors (Lipinski definition) is 2. The molecule has 0 radical (unpaired) electrons. The Balaban J connectivity index is 1.70. The third-order valence-electron chi connectivity index (χ3n) is 7.79. The molecule has 0 amide bonds. The number of anilines is 1. The van der Waals surface area contributed by atoms with Crippen LogP contribution in [0.25, 0.3) is 0 Å². The standard InChI is InChI=1S/C29H52N2O2/c1-21(2)11-8-12-22(3)13-9-14-23(4)15-10-18-29(6,33)19-16-25-26-17-20-31(7)28(26)30-24(5)27(25)32/h21-23,32-33H,8-20H2,1-7H3/t22-,23-,29-/m1/s1. The van der Waals surface area contributed by atoms with Crippen LogP contribution in [-0.4, -0.2) is 34.4 Å². The Bertz CT molecular complexity index is 729. The number of likely N-dealkylation sites (N-methyl/N-ethyl adjacent to an activating group) is 1. The van der Waals surface area contributed by atoms with Crippen molar-refractivity contribution in [3.8, 4) is 5.75 Å². The number of nitrogens with zero attached hydrogens (tertiary/aromatic N) is 2. The zero-order chi connectivity index (χ0) is 24.6. The molecule has 0 unspecified atom stereocenters. The Morgan fingerprint density at radius 3 is 2.12 bits per heavy atom. The molecule has 3 atom stereocenters. The Morgan fingerprint density at radius 1 is 0.939 bits per heavy atom. The second-order valence-corrected chi connectivity index (χ2v) is 11.9. The first kappa shape index (κ1) is 28.0. The molecular weight excluding hydrogens is 408 g/mol. The maximum Gasteiger partial charge on any atom is 0.140 e. The van der Waals surface area contributed by atoms with Gasteiger partial charge in [0.2, 0.25) is 0 Å². The van der Waals surface area contributed by atoms with Gasteiger partial charge >= 0.3 is 0 Å². The fourth-order valence-corrected chi connectivity index (χ4v) is 5.34. The largest absolute Gasteiger partial charge is 0.506 e. The van der Waals surface area contributed by atoms with E-state index in [0.29, 0.717) is 24.3 Å². The van der Waals surface area contributed by atoms with Gasteiger partial charge in [-0.3, -0.25) is 0 Å². The zero-order valence-corrected chi connectivity index (χ0v) is 22.7. The molecule has 0 saturated heterocycles. The molecule has 190 valence electrons. The number of rotatable bonds is 15. The van der Waals surface area contributed by atoms with E-state index in [1.807, 2.05) is 13.8 Å². The van der Waals surface area contributed by atoms with Gasteiger partial charge in [-0.05, 0) is 57.3 Å². The molecule has 1 aromatic heterocycles. The minimum Gasteiger partial charge on any atom is -0.506 e. The van der Waals surface area contributed by atoms with Crippen LogP contribution < -0.4 is 4.90 Å². The molecule has 1 aromatic rings. The van der Waals surface area contributed by atoms with Crippen molar-refractivity contribution < 1.29 is 10.2 Å². The van der Waals surface area contributed by atoms with Gasteiger partial charge < -0.3 is 15.1 Å². The number of aliphatic hydroxyl groups is 1. The highest BCUT2D eigenvalue weighted by Gasteiger charge is 2.27. The third kappa shape index (κ3) is 9.11. The van der Waals surface area contributed by atoms with Crippen molar-refractivity contribution in [3.05, 3.63) is 16.8 Å². The average molecular weight is 461 g/mol. The summed E-state index contributed by atoms with van der Waals surface area (Å²) in [5.74, 6) is 3.74. The lowest BCUT2D eigenvalue weighted by atomic mass is 9.87. The van der Waals surface area contributed by atoms with E-state index in [-0.39, 0.29) is 0 Å². The summed E-state index contributed by atoms with van der Waals surface area (Å²) in [5, 5.41) is 21.6. The summed E-state index contributed by atoms with van der Waals surface area (Å²) in [7, 11) is 2.06. The van der Waals surface area contributed by atoms with Gasteiger partial charge in [-0.1, -0.05) is 79.1 Å². The molecule has 0 spiro atoms. The molecule has 4 heteroatoms. The van der Waals surface area contributed by atoms with Crippen molar-refractivity contribution in [1.82, 2.24) is 4.98 Å². The first-order chi connectivity index (χ1) is 15.5. The lowest BCUT2D eigenvalue weighted by molar-refractivity contribution is 0.0385. The molecule has 0 aliphatic carbocycles. The topological polar surface area (TPSA) is 56.6 Å². The number of fused-ring (bicyclic) bond motifs is 1. The molecule has 2 heterocycles. The second kappa shape index (κ2) is 13.0. The van der Waals surface area contributed by atoms with E-state index in [0.717, 1.165) is 54.9 Å². The summed E-state index contributed by atoms with van der Waals surface area (Å²) in [6.07, 6.45) is 13.5. The second-order valence-electron chi connectivity index (χ2n) is 11.9. The number of pyridine rings is 1. The van der Waals surface area contributed by atoms with Crippen molar-refractivity contribution in [1.29, 1.82) is 0 Å². The van der Waals surface area contributed by atoms with Crippen molar-refractivity contribution in [2.24, 2.45) is 17.8 Å². The van der Waals surface area contributed by atoms with E-state index >= 15 is 0 Å². The van der Waals surface area contributed by atoms with Crippen LogP contribution >= 0.6 is 0 Å². The fourth-order valence-electron chi connectivity index (χ4n) is 5.34. The molecular formula is C29H52N2O2. The van der Waals surface area contributed by atoms with E-state index < -0.39 is 5.60 Å². The summed E-state index contributed by atoms with van der Waals surface area (Å²) in [6, 6.07) is 0. The summed E-state index contributed by atoms with van der Waals surface area (Å²) in [4.78, 5) is 6.74. The molecule has 0 aromatic carbocycles. The van der Waals surface area contributed by atoms with Gasteiger partial charge in [0, 0.05) is 24.7 Å². The molecule has 2 rings (SSSR count). The SMILES string of the molecule is Cc1nc2c(c(CC[C@](C)(O)CCC[C@H](C)CCC[C@H](C)CCCC(C)C)c1O)CCN2C. The van der Waals surface area contributed by atoms with Crippen LogP contribution in [0.15, 0.2) is 0 Å². The van der Waals surface area contributed by atoms with E-state index in [9.17, 15) is 10.2 Å². The van der Waals surface area contributed by atoms with E-state index in [4.69, 9.17) is 0 Å².